The van der Waals surface area contributed by atoms with Crippen LogP contribution >= 0.6 is 0 Å². The van der Waals surface area contributed by atoms with E-state index >= 15 is 0 Å². The Bertz CT molecular complexity index is 440. The molecule has 1 N–H and O–H groups in total. The van der Waals surface area contributed by atoms with Crippen molar-refractivity contribution < 1.29 is 14.6 Å². The minimum absolute atomic E-state index is 0.501. The van der Waals surface area contributed by atoms with Crippen molar-refractivity contribution in [2.24, 2.45) is 0 Å². The van der Waals surface area contributed by atoms with Crippen molar-refractivity contribution >= 4 is 5.97 Å². The van der Waals surface area contributed by atoms with E-state index < -0.39 is 11.6 Å². The summed E-state index contributed by atoms with van der Waals surface area (Å²) < 4.78 is 5.49. The topological polar surface area (TPSA) is 70.3 Å². The number of carboxylic acids is 1. The van der Waals surface area contributed by atoms with Crippen molar-refractivity contribution in [1.29, 1.82) is 5.26 Å². The van der Waals surface area contributed by atoms with Crippen LogP contribution in [0.5, 0.6) is 5.75 Å². The molecular weight excluding hydrogens is 206 g/mol. The highest BCUT2D eigenvalue weighted by Crippen LogP contribution is 2.36. The maximum Gasteiger partial charge on any atom is 0.348 e. The monoisotopic (exact) mass is 217 g/mol. The Hall–Kier alpha value is -2.02. The number of nitrogens with zero attached hydrogens (tertiary/aromatic N) is 1. The highest BCUT2D eigenvalue weighted by atomic mass is 16.5. The number of nitriles is 1. The molecule has 0 aliphatic heterocycles. The second-order valence-corrected chi connectivity index (χ2v) is 3.89. The largest absolute Gasteiger partial charge is 0.478 e. The van der Waals surface area contributed by atoms with Gasteiger partial charge in [0.05, 0.1) is 11.6 Å². The standard InChI is InChI=1S/C12H11NO3/c13-8-9-2-4-10(5-3-9)16-12(11(14)15)6-1-7-12/h2-5H,1,6-7H2,(H,14,15). The maximum atomic E-state index is 11.1. The van der Waals surface area contributed by atoms with Crippen LogP contribution in [0.15, 0.2) is 24.3 Å². The van der Waals surface area contributed by atoms with E-state index in [0.29, 0.717) is 24.2 Å². The smallest absolute Gasteiger partial charge is 0.348 e. The summed E-state index contributed by atoms with van der Waals surface area (Å²) in [5.74, 6) is -0.413. The van der Waals surface area contributed by atoms with Gasteiger partial charge in [0, 0.05) is 0 Å². The Kier molecular flexibility index (Phi) is 2.53. The van der Waals surface area contributed by atoms with Crippen LogP contribution in [-0.4, -0.2) is 16.7 Å². The molecule has 0 unspecified atom stereocenters. The zero-order valence-electron chi connectivity index (χ0n) is 8.64. The first-order valence-corrected chi connectivity index (χ1v) is 5.09. The lowest BCUT2D eigenvalue weighted by Crippen LogP contribution is -2.50. The number of hydrogen-bond acceptors (Lipinski definition) is 3. The van der Waals surface area contributed by atoms with E-state index in [2.05, 4.69) is 0 Å². The zero-order chi connectivity index (χ0) is 11.6. The second-order valence-electron chi connectivity index (χ2n) is 3.89. The fourth-order valence-electron chi connectivity index (χ4n) is 1.68. The molecule has 0 amide bonds. The van der Waals surface area contributed by atoms with E-state index in [1.54, 1.807) is 24.3 Å². The minimum Gasteiger partial charge on any atom is -0.478 e. The molecule has 1 saturated carbocycles. The lowest BCUT2D eigenvalue weighted by atomic mass is 9.80. The fraction of sp³-hybridized carbons (Fsp3) is 0.333. The summed E-state index contributed by atoms with van der Waals surface area (Å²) in [6, 6.07) is 8.48. The molecular formula is C12H11NO3. The van der Waals surface area contributed by atoms with Crippen LogP contribution in [0.2, 0.25) is 0 Å². The molecule has 0 heterocycles. The number of rotatable bonds is 3. The molecule has 82 valence electrons. The average molecular weight is 217 g/mol. The van der Waals surface area contributed by atoms with Gasteiger partial charge in [-0.05, 0) is 43.5 Å². The molecule has 1 aromatic carbocycles. The molecule has 4 nitrogen and oxygen atoms in total. The fourth-order valence-corrected chi connectivity index (χ4v) is 1.68. The molecule has 0 spiro atoms. The number of carboxylic acid groups (broad SMARTS) is 1. The van der Waals surface area contributed by atoms with Gasteiger partial charge < -0.3 is 9.84 Å². The van der Waals surface area contributed by atoms with Crippen LogP contribution in [-0.2, 0) is 4.79 Å². The normalized spacial score (nSPS) is 16.9. The van der Waals surface area contributed by atoms with Gasteiger partial charge in [0.25, 0.3) is 0 Å². The summed E-state index contributed by atoms with van der Waals surface area (Å²) in [6.07, 6.45) is 1.97. The van der Waals surface area contributed by atoms with Crippen LogP contribution in [0.3, 0.4) is 0 Å². The predicted octanol–water partition coefficient (Wildman–Crippen LogP) is 1.94. The Morgan fingerprint density at radius 2 is 2.00 bits per heavy atom. The van der Waals surface area contributed by atoms with Crippen molar-refractivity contribution in [2.45, 2.75) is 24.9 Å². The van der Waals surface area contributed by atoms with Gasteiger partial charge in [0.2, 0.25) is 5.60 Å². The minimum atomic E-state index is -1.05. The van der Waals surface area contributed by atoms with Gasteiger partial charge in [0.15, 0.2) is 0 Å². The van der Waals surface area contributed by atoms with Gasteiger partial charge in [0.1, 0.15) is 5.75 Å². The van der Waals surface area contributed by atoms with E-state index in [0.717, 1.165) is 6.42 Å². The molecule has 1 aliphatic rings. The third-order valence-electron chi connectivity index (χ3n) is 2.85. The quantitative estimate of drug-likeness (QED) is 0.839. The van der Waals surface area contributed by atoms with Crippen molar-refractivity contribution in [3.8, 4) is 11.8 Å². The highest BCUT2D eigenvalue weighted by molar-refractivity contribution is 5.79. The van der Waals surface area contributed by atoms with Gasteiger partial charge in [-0.1, -0.05) is 0 Å². The zero-order valence-corrected chi connectivity index (χ0v) is 8.64. The summed E-state index contributed by atoms with van der Waals surface area (Å²) in [5.41, 5.74) is -0.515. The number of ether oxygens (including phenoxy) is 1. The van der Waals surface area contributed by atoms with Crippen LogP contribution in [0, 0.1) is 11.3 Å². The summed E-state index contributed by atoms with van der Waals surface area (Å²) in [6.45, 7) is 0. The van der Waals surface area contributed by atoms with Gasteiger partial charge in [-0.15, -0.1) is 0 Å². The van der Waals surface area contributed by atoms with Crippen molar-refractivity contribution in [3.63, 3.8) is 0 Å². The summed E-state index contributed by atoms with van der Waals surface area (Å²) in [4.78, 5) is 11.1. The first-order chi connectivity index (χ1) is 7.66. The van der Waals surface area contributed by atoms with E-state index in [-0.39, 0.29) is 0 Å². The molecule has 0 saturated heterocycles. The molecule has 1 aliphatic carbocycles. The summed E-state index contributed by atoms with van der Waals surface area (Å²) in [5, 5.41) is 17.7. The maximum absolute atomic E-state index is 11.1. The highest BCUT2D eigenvalue weighted by Gasteiger charge is 2.47. The van der Waals surface area contributed by atoms with Crippen molar-refractivity contribution in [1.82, 2.24) is 0 Å². The summed E-state index contributed by atoms with van der Waals surface area (Å²) in [7, 11) is 0. The Balaban J connectivity index is 2.14. The molecule has 1 fully saturated rings. The predicted molar refractivity (Wildman–Crippen MR) is 56.0 cm³/mol. The van der Waals surface area contributed by atoms with Crippen molar-refractivity contribution in [3.05, 3.63) is 29.8 Å². The van der Waals surface area contributed by atoms with E-state index in [4.69, 9.17) is 15.1 Å². The molecule has 0 atom stereocenters. The molecule has 0 radical (unpaired) electrons. The number of benzene rings is 1. The lowest BCUT2D eigenvalue weighted by molar-refractivity contribution is -0.163. The van der Waals surface area contributed by atoms with Gasteiger partial charge >= 0.3 is 5.97 Å². The molecule has 2 rings (SSSR count). The number of hydrogen-bond donors (Lipinski definition) is 1. The summed E-state index contributed by atoms with van der Waals surface area (Å²) >= 11 is 0. The average Bonchev–Trinajstić information content (AvgIpc) is 2.24. The Morgan fingerprint density at radius 1 is 1.38 bits per heavy atom. The third-order valence-corrected chi connectivity index (χ3v) is 2.85. The third kappa shape index (κ3) is 1.72. The van der Waals surface area contributed by atoms with Crippen LogP contribution < -0.4 is 4.74 Å². The molecule has 16 heavy (non-hydrogen) atoms. The van der Waals surface area contributed by atoms with Crippen LogP contribution in [0.1, 0.15) is 24.8 Å². The number of carbonyl (C=O) groups is 1. The first kappa shape index (κ1) is 10.5. The molecule has 0 aromatic heterocycles. The van der Waals surface area contributed by atoms with Crippen LogP contribution in [0.25, 0.3) is 0 Å². The van der Waals surface area contributed by atoms with Gasteiger partial charge in [-0.25, -0.2) is 4.79 Å². The Morgan fingerprint density at radius 3 is 2.38 bits per heavy atom. The molecule has 0 bridgehead atoms. The second kappa shape index (κ2) is 3.86. The van der Waals surface area contributed by atoms with E-state index in [9.17, 15) is 4.79 Å². The van der Waals surface area contributed by atoms with Crippen LogP contribution in [0.4, 0.5) is 0 Å². The lowest BCUT2D eigenvalue weighted by Gasteiger charge is -2.37. The van der Waals surface area contributed by atoms with Gasteiger partial charge in [-0.3, -0.25) is 0 Å². The van der Waals surface area contributed by atoms with E-state index in [1.165, 1.54) is 0 Å². The van der Waals surface area contributed by atoms with E-state index in [1.807, 2.05) is 6.07 Å². The molecule has 4 heteroatoms. The Labute approximate surface area is 93.1 Å². The molecule has 1 aromatic rings. The first-order valence-electron chi connectivity index (χ1n) is 5.09. The SMILES string of the molecule is N#Cc1ccc(OC2(C(=O)O)CCC2)cc1. The van der Waals surface area contributed by atoms with Gasteiger partial charge in [-0.2, -0.15) is 5.26 Å². The van der Waals surface area contributed by atoms with Crippen molar-refractivity contribution in [2.75, 3.05) is 0 Å². The number of aliphatic carboxylic acids is 1.